The van der Waals surface area contributed by atoms with E-state index in [9.17, 15) is 61.0 Å². The molecule has 17 atom stereocenters. The van der Waals surface area contributed by atoms with Gasteiger partial charge in [0.15, 0.2) is 18.9 Å². The first-order valence-electron chi connectivity index (χ1n) is 40.8. The number of nitrogens with one attached hydrogen (secondary N) is 1. The summed E-state index contributed by atoms with van der Waals surface area (Å²) >= 11 is 0. The summed E-state index contributed by atoms with van der Waals surface area (Å²) in [6.45, 7) is 1.69. The molecule has 104 heavy (non-hydrogen) atoms. The van der Waals surface area contributed by atoms with Crippen molar-refractivity contribution < 1.29 is 89.4 Å². The van der Waals surface area contributed by atoms with Gasteiger partial charge in [0.2, 0.25) is 5.91 Å². The second kappa shape index (κ2) is 64.1. The molecule has 3 aliphatic rings. The number of amides is 1. The smallest absolute Gasteiger partial charge is 0.220 e. The highest BCUT2D eigenvalue weighted by atomic mass is 16.8. The van der Waals surface area contributed by atoms with Crippen LogP contribution in [0.5, 0.6) is 0 Å². The highest BCUT2D eigenvalue weighted by Crippen LogP contribution is 2.33. The van der Waals surface area contributed by atoms with Crippen LogP contribution in [0.25, 0.3) is 0 Å². The average Bonchev–Trinajstić information content (AvgIpc) is 0.783. The van der Waals surface area contributed by atoms with E-state index in [4.69, 9.17) is 28.4 Å². The fraction of sp³-hybridized carbons (Fsp3) is 0.753. The number of carbonyl (C=O) groups is 1. The SMILES string of the molecule is CC/C=C\C/C=C\C/C=C\C/C=C\C/C=C\C/C=C\C/C=C\C/C=C\C/C=C\C/C=C\CCCCCCCCCCCCC(=O)NC(COC1OC(CO)C(OC2OC(CO)C(OC3OC(CO)C(O)C(O)C3O)C(O)C2O)C(O)C1O)C(O)CCCCCCCCCCCCCCCCCCCC. The van der Waals surface area contributed by atoms with Crippen molar-refractivity contribution in [2.45, 2.75) is 381 Å². The van der Waals surface area contributed by atoms with E-state index in [0.717, 1.165) is 122 Å². The standard InChI is InChI=1S/C85H145NO18/c1-3-5-7-9-11-13-15-17-19-21-23-24-25-26-27-28-29-30-31-32-33-34-35-36-37-38-39-40-41-42-43-44-45-47-49-51-53-55-57-59-61-63-73(91)86-68(69(90)62-60-58-56-54-52-50-48-46-22-20-18-16-14-12-10-8-6-4-2)67-99-83-79(97)76(94)81(71(65-88)101-83)104-85-80(98)77(95)82(72(66-89)102-85)103-84-78(96)75(93)74(92)70(64-87)100-84/h5,7,11,13,17,19,23-24,26-27,29-30,32-33,35-36,38-39,41-42,68-72,74-85,87-90,92-98H,3-4,6,8-10,12,14-16,18,20-22,25,28,31,34,37,40,43-67H2,1-2H3,(H,86,91)/b7-5-,13-11-,19-17-,24-23-,27-26-,30-29-,33-32-,36-35-,39-38-,42-41-. The summed E-state index contributed by atoms with van der Waals surface area (Å²) < 4.78 is 34.5. The van der Waals surface area contributed by atoms with Crippen LogP contribution in [0, 0.1) is 0 Å². The van der Waals surface area contributed by atoms with Crippen molar-refractivity contribution in [1.82, 2.24) is 5.32 Å². The van der Waals surface area contributed by atoms with Gasteiger partial charge in [0, 0.05) is 6.42 Å². The van der Waals surface area contributed by atoms with Gasteiger partial charge in [-0.05, 0) is 89.9 Å². The minimum atomic E-state index is -1.98. The van der Waals surface area contributed by atoms with Crippen molar-refractivity contribution in [2.24, 2.45) is 0 Å². The number of hydrogen-bond donors (Lipinski definition) is 12. The minimum absolute atomic E-state index is 0.250. The summed E-state index contributed by atoms with van der Waals surface area (Å²) in [5.41, 5.74) is 0. The van der Waals surface area contributed by atoms with Crippen LogP contribution in [-0.2, 0) is 33.2 Å². The van der Waals surface area contributed by atoms with Crippen LogP contribution in [0.1, 0.15) is 277 Å². The first-order chi connectivity index (χ1) is 50.8. The zero-order valence-electron chi connectivity index (χ0n) is 64.0. The molecule has 3 fully saturated rings. The van der Waals surface area contributed by atoms with Crippen LogP contribution in [-0.4, -0.2) is 193 Å². The molecule has 0 aromatic carbocycles. The summed E-state index contributed by atoms with van der Waals surface area (Å²) in [7, 11) is 0. The molecule has 3 rings (SSSR count). The lowest BCUT2D eigenvalue weighted by atomic mass is 9.96. The Balaban J connectivity index is 1.33. The number of aliphatic hydroxyl groups excluding tert-OH is 11. The number of unbranched alkanes of at least 4 members (excludes halogenated alkanes) is 27. The fourth-order valence-corrected chi connectivity index (χ4v) is 13.0. The molecule has 0 radical (unpaired) electrons. The molecule has 598 valence electrons. The Kier molecular flexibility index (Phi) is 58.1. The van der Waals surface area contributed by atoms with Crippen molar-refractivity contribution in [3.63, 3.8) is 0 Å². The third-order valence-electron chi connectivity index (χ3n) is 19.6. The maximum atomic E-state index is 13.5. The molecule has 0 bridgehead atoms. The van der Waals surface area contributed by atoms with Gasteiger partial charge in [0.05, 0.1) is 38.6 Å². The molecule has 0 saturated carbocycles. The maximum absolute atomic E-state index is 13.5. The highest BCUT2D eigenvalue weighted by molar-refractivity contribution is 5.76. The minimum Gasteiger partial charge on any atom is -0.394 e. The van der Waals surface area contributed by atoms with Gasteiger partial charge in [-0.15, -0.1) is 0 Å². The summed E-state index contributed by atoms with van der Waals surface area (Å²) in [6, 6.07) is -0.898. The van der Waals surface area contributed by atoms with E-state index in [0.29, 0.717) is 12.8 Å². The largest absolute Gasteiger partial charge is 0.394 e. The lowest BCUT2D eigenvalue weighted by molar-refractivity contribution is -0.379. The van der Waals surface area contributed by atoms with Gasteiger partial charge in [-0.3, -0.25) is 4.79 Å². The van der Waals surface area contributed by atoms with Gasteiger partial charge < -0.3 is 89.9 Å². The number of carbonyl (C=O) groups excluding carboxylic acids is 1. The van der Waals surface area contributed by atoms with E-state index >= 15 is 0 Å². The Morgan fingerprint density at radius 2 is 0.663 bits per heavy atom. The quantitative estimate of drug-likeness (QED) is 0.0199. The molecule has 17 unspecified atom stereocenters. The number of aliphatic hydroxyl groups is 11. The van der Waals surface area contributed by atoms with Crippen molar-refractivity contribution in [3.8, 4) is 0 Å². The van der Waals surface area contributed by atoms with Crippen molar-refractivity contribution in [2.75, 3.05) is 26.4 Å². The van der Waals surface area contributed by atoms with Gasteiger partial charge in [-0.25, -0.2) is 0 Å². The van der Waals surface area contributed by atoms with E-state index in [1.165, 1.54) is 122 Å². The van der Waals surface area contributed by atoms with Gasteiger partial charge >= 0.3 is 0 Å². The second-order valence-electron chi connectivity index (χ2n) is 28.5. The highest BCUT2D eigenvalue weighted by Gasteiger charge is 2.54. The summed E-state index contributed by atoms with van der Waals surface area (Å²) in [6.07, 6.45) is 62.8. The Morgan fingerprint density at radius 3 is 1.04 bits per heavy atom. The molecule has 3 aliphatic heterocycles. The van der Waals surface area contributed by atoms with Crippen molar-refractivity contribution in [3.05, 3.63) is 122 Å². The van der Waals surface area contributed by atoms with Gasteiger partial charge in [-0.1, -0.05) is 302 Å². The summed E-state index contributed by atoms with van der Waals surface area (Å²) in [5.74, 6) is -0.250. The van der Waals surface area contributed by atoms with Gasteiger partial charge in [-0.2, -0.15) is 0 Å². The molecule has 3 heterocycles. The second-order valence-corrected chi connectivity index (χ2v) is 28.5. The molecule has 1 amide bonds. The molecular weight excluding hydrogens is 1320 g/mol. The molecule has 0 aromatic rings. The maximum Gasteiger partial charge on any atom is 0.220 e. The molecule has 0 aromatic heterocycles. The lowest BCUT2D eigenvalue weighted by Crippen LogP contribution is -2.66. The van der Waals surface area contributed by atoms with Crippen molar-refractivity contribution in [1.29, 1.82) is 0 Å². The van der Waals surface area contributed by atoms with E-state index < -0.39 is 124 Å². The number of allylic oxidation sites excluding steroid dienone is 20. The zero-order chi connectivity index (χ0) is 75.3. The van der Waals surface area contributed by atoms with Gasteiger partial charge in [0.25, 0.3) is 0 Å². The Bertz CT molecular complexity index is 2350. The Labute approximate surface area is 627 Å². The van der Waals surface area contributed by atoms with E-state index in [1.54, 1.807) is 0 Å². The topological polar surface area (TPSA) is 307 Å². The van der Waals surface area contributed by atoms with Crippen LogP contribution in [0.2, 0.25) is 0 Å². The van der Waals surface area contributed by atoms with E-state index in [1.807, 2.05) is 0 Å². The van der Waals surface area contributed by atoms with Crippen LogP contribution < -0.4 is 5.32 Å². The third kappa shape index (κ3) is 43.4. The van der Waals surface area contributed by atoms with Crippen molar-refractivity contribution >= 4 is 5.91 Å². The van der Waals surface area contributed by atoms with Crippen LogP contribution in [0.15, 0.2) is 122 Å². The number of rotatable bonds is 63. The molecule has 19 nitrogen and oxygen atoms in total. The van der Waals surface area contributed by atoms with Crippen LogP contribution >= 0.6 is 0 Å². The Hall–Kier alpha value is -3.81. The predicted octanol–water partition coefficient (Wildman–Crippen LogP) is 13.9. The lowest BCUT2D eigenvalue weighted by Gasteiger charge is -2.48. The predicted molar refractivity (Wildman–Crippen MR) is 415 cm³/mol. The summed E-state index contributed by atoms with van der Waals surface area (Å²) in [5, 5.41) is 121. The molecule has 3 saturated heterocycles. The van der Waals surface area contributed by atoms with Crippen LogP contribution in [0.3, 0.4) is 0 Å². The zero-order valence-corrected chi connectivity index (χ0v) is 64.0. The molecule has 19 heteroatoms. The molecule has 0 spiro atoms. The normalized spacial score (nSPS) is 26.6. The van der Waals surface area contributed by atoms with Crippen LogP contribution in [0.4, 0.5) is 0 Å². The fourth-order valence-electron chi connectivity index (χ4n) is 13.0. The first-order valence-corrected chi connectivity index (χ1v) is 40.8. The number of ether oxygens (including phenoxy) is 6. The third-order valence-corrected chi connectivity index (χ3v) is 19.6. The monoisotopic (exact) mass is 1470 g/mol. The first kappa shape index (κ1) is 94.4. The van der Waals surface area contributed by atoms with E-state index in [2.05, 4.69) is 141 Å². The molecule has 12 N–H and O–H groups in total. The average molecular weight is 1470 g/mol. The van der Waals surface area contributed by atoms with E-state index in [-0.39, 0.29) is 18.9 Å². The molecular formula is C85H145NO18. The summed E-state index contributed by atoms with van der Waals surface area (Å²) in [4.78, 5) is 13.5. The Morgan fingerprint density at radius 1 is 0.356 bits per heavy atom. The van der Waals surface area contributed by atoms with Gasteiger partial charge in [0.1, 0.15) is 73.2 Å². The molecule has 0 aliphatic carbocycles. The number of hydrogen-bond acceptors (Lipinski definition) is 18.